The second-order valence-corrected chi connectivity index (χ2v) is 9.56. The van der Waals surface area contributed by atoms with Crippen LogP contribution in [0, 0.1) is 13.8 Å². The number of benzene rings is 1. The highest BCUT2D eigenvalue weighted by Crippen LogP contribution is 2.33. The van der Waals surface area contributed by atoms with E-state index < -0.39 is 10.0 Å². The van der Waals surface area contributed by atoms with Gasteiger partial charge in [0, 0.05) is 4.88 Å². The molecule has 0 radical (unpaired) electrons. The zero-order chi connectivity index (χ0) is 15.8. The fourth-order valence-corrected chi connectivity index (χ4v) is 5.77. The maximum atomic E-state index is 12.6. The Morgan fingerprint density at radius 2 is 1.90 bits per heavy atom. The molecule has 0 atom stereocenters. The van der Waals surface area contributed by atoms with Gasteiger partial charge in [0.15, 0.2) is 0 Å². The maximum absolute atomic E-state index is 12.6. The zero-order valence-corrected chi connectivity index (χ0v) is 15.6. The number of nitrogens with one attached hydrogen (secondary N) is 1. The average Bonchev–Trinajstić information content (AvgIpc) is 2.71. The molecule has 0 bridgehead atoms. The first-order valence-electron chi connectivity index (χ1n) is 6.60. The molecule has 3 nitrogen and oxygen atoms in total. The SMILES string of the molecule is Cc1cccc(C(C)C)c1NS(=O)(=O)c1cc(Br)sc1C. The minimum absolute atomic E-state index is 0.248. The van der Waals surface area contributed by atoms with Crippen molar-refractivity contribution in [3.63, 3.8) is 0 Å². The van der Waals surface area contributed by atoms with Gasteiger partial charge in [0.1, 0.15) is 4.90 Å². The highest BCUT2D eigenvalue weighted by molar-refractivity contribution is 9.11. The molecular formula is C15H18BrNO2S2. The molecule has 0 unspecified atom stereocenters. The fourth-order valence-electron chi connectivity index (χ4n) is 2.20. The van der Waals surface area contributed by atoms with Gasteiger partial charge >= 0.3 is 0 Å². The molecule has 0 aliphatic heterocycles. The number of sulfonamides is 1. The van der Waals surface area contributed by atoms with Gasteiger partial charge in [-0.15, -0.1) is 11.3 Å². The van der Waals surface area contributed by atoms with Crippen molar-refractivity contribution in [3.8, 4) is 0 Å². The fraction of sp³-hybridized carbons (Fsp3) is 0.333. The number of para-hydroxylation sites is 1. The van der Waals surface area contributed by atoms with Gasteiger partial charge in [-0.25, -0.2) is 8.42 Å². The van der Waals surface area contributed by atoms with Crippen LogP contribution in [0.25, 0.3) is 0 Å². The van der Waals surface area contributed by atoms with E-state index in [0.717, 1.165) is 19.8 Å². The largest absolute Gasteiger partial charge is 0.279 e. The van der Waals surface area contributed by atoms with Crippen LogP contribution in [0.5, 0.6) is 0 Å². The highest BCUT2D eigenvalue weighted by atomic mass is 79.9. The number of hydrogen-bond donors (Lipinski definition) is 1. The Balaban J connectivity index is 2.49. The van der Waals surface area contributed by atoms with Crippen molar-refractivity contribution in [1.29, 1.82) is 0 Å². The quantitative estimate of drug-likeness (QED) is 0.797. The number of anilines is 1. The van der Waals surface area contributed by atoms with E-state index in [1.807, 2.05) is 32.0 Å². The molecule has 1 aromatic heterocycles. The molecular weight excluding hydrogens is 370 g/mol. The molecule has 2 rings (SSSR count). The Hall–Kier alpha value is -0.850. The van der Waals surface area contributed by atoms with Gasteiger partial charge in [0.2, 0.25) is 0 Å². The third-order valence-corrected chi connectivity index (χ3v) is 6.45. The summed E-state index contributed by atoms with van der Waals surface area (Å²) in [6, 6.07) is 7.48. The topological polar surface area (TPSA) is 46.2 Å². The lowest BCUT2D eigenvalue weighted by atomic mass is 9.99. The van der Waals surface area contributed by atoms with Crippen LogP contribution in [0.1, 0.15) is 35.8 Å². The Labute approximate surface area is 138 Å². The lowest BCUT2D eigenvalue weighted by Crippen LogP contribution is -2.15. The van der Waals surface area contributed by atoms with E-state index in [-0.39, 0.29) is 5.92 Å². The van der Waals surface area contributed by atoms with Crippen molar-refractivity contribution in [2.75, 3.05) is 4.72 Å². The van der Waals surface area contributed by atoms with Gasteiger partial charge in [-0.2, -0.15) is 0 Å². The van der Waals surface area contributed by atoms with Crippen LogP contribution in [-0.2, 0) is 10.0 Å². The average molecular weight is 388 g/mol. The van der Waals surface area contributed by atoms with Gasteiger partial charge in [0.25, 0.3) is 10.0 Å². The summed E-state index contributed by atoms with van der Waals surface area (Å²) in [5.74, 6) is 0.248. The minimum atomic E-state index is -3.57. The molecule has 114 valence electrons. The summed E-state index contributed by atoms with van der Waals surface area (Å²) in [6.45, 7) is 7.84. The van der Waals surface area contributed by atoms with Crippen molar-refractivity contribution in [2.24, 2.45) is 0 Å². The molecule has 1 aromatic carbocycles. The molecule has 0 aliphatic rings. The summed E-state index contributed by atoms with van der Waals surface area (Å²) in [5.41, 5.74) is 2.62. The Kier molecular flexibility index (Phi) is 4.80. The second kappa shape index (κ2) is 6.10. The molecule has 0 fully saturated rings. The number of hydrogen-bond acceptors (Lipinski definition) is 3. The molecule has 0 aliphatic carbocycles. The lowest BCUT2D eigenvalue weighted by Gasteiger charge is -2.17. The van der Waals surface area contributed by atoms with Crippen molar-refractivity contribution in [3.05, 3.63) is 44.1 Å². The predicted octanol–water partition coefficient (Wildman–Crippen LogP) is 5.05. The van der Waals surface area contributed by atoms with Crippen LogP contribution in [0.4, 0.5) is 5.69 Å². The molecule has 0 saturated heterocycles. The summed E-state index contributed by atoms with van der Waals surface area (Å²) in [7, 11) is -3.57. The van der Waals surface area contributed by atoms with Gasteiger partial charge in [-0.3, -0.25) is 4.72 Å². The van der Waals surface area contributed by atoms with Crippen molar-refractivity contribution in [1.82, 2.24) is 0 Å². The Bertz CT molecular complexity index is 764. The van der Waals surface area contributed by atoms with E-state index in [4.69, 9.17) is 0 Å². The number of aryl methyl sites for hydroxylation is 2. The molecule has 0 spiro atoms. The first-order chi connectivity index (χ1) is 9.72. The monoisotopic (exact) mass is 387 g/mol. The standard InChI is InChI=1S/C15H18BrNO2S2/c1-9(2)12-7-5-6-10(3)15(12)17-21(18,19)13-8-14(16)20-11(13)4/h5-9,17H,1-4H3. The van der Waals surface area contributed by atoms with Crippen LogP contribution < -0.4 is 4.72 Å². The van der Waals surface area contributed by atoms with E-state index >= 15 is 0 Å². The first kappa shape index (κ1) is 16.5. The van der Waals surface area contributed by atoms with Crippen LogP contribution in [0.15, 0.2) is 32.9 Å². The lowest BCUT2D eigenvalue weighted by molar-refractivity contribution is 0.601. The van der Waals surface area contributed by atoms with Crippen molar-refractivity contribution >= 4 is 43.0 Å². The summed E-state index contributed by atoms with van der Waals surface area (Å²) in [5, 5.41) is 0. The van der Waals surface area contributed by atoms with E-state index in [1.165, 1.54) is 11.3 Å². The van der Waals surface area contributed by atoms with Crippen LogP contribution in [0.3, 0.4) is 0 Å². The van der Waals surface area contributed by atoms with E-state index in [1.54, 1.807) is 6.07 Å². The summed E-state index contributed by atoms with van der Waals surface area (Å²) in [4.78, 5) is 1.10. The van der Waals surface area contributed by atoms with Crippen LogP contribution in [-0.4, -0.2) is 8.42 Å². The van der Waals surface area contributed by atoms with Crippen molar-refractivity contribution in [2.45, 2.75) is 38.5 Å². The smallest absolute Gasteiger partial charge is 0.263 e. The van der Waals surface area contributed by atoms with E-state index in [9.17, 15) is 8.42 Å². The molecule has 21 heavy (non-hydrogen) atoms. The summed E-state index contributed by atoms with van der Waals surface area (Å²) < 4.78 is 28.9. The van der Waals surface area contributed by atoms with Gasteiger partial charge < -0.3 is 0 Å². The Morgan fingerprint density at radius 1 is 1.24 bits per heavy atom. The van der Waals surface area contributed by atoms with Crippen molar-refractivity contribution < 1.29 is 8.42 Å². The van der Waals surface area contributed by atoms with E-state index in [2.05, 4.69) is 34.5 Å². The zero-order valence-electron chi connectivity index (χ0n) is 12.4. The normalized spacial score (nSPS) is 11.9. The first-order valence-corrected chi connectivity index (χ1v) is 9.70. The minimum Gasteiger partial charge on any atom is -0.279 e. The maximum Gasteiger partial charge on any atom is 0.263 e. The second-order valence-electron chi connectivity index (χ2n) is 5.27. The molecule has 1 N–H and O–H groups in total. The summed E-state index contributed by atoms with van der Waals surface area (Å²) >= 11 is 4.76. The van der Waals surface area contributed by atoms with Gasteiger partial charge in [-0.05, 0) is 52.9 Å². The van der Waals surface area contributed by atoms with E-state index in [0.29, 0.717) is 10.6 Å². The third kappa shape index (κ3) is 3.49. The molecule has 0 amide bonds. The number of rotatable bonds is 4. The Morgan fingerprint density at radius 3 is 2.43 bits per heavy atom. The number of halogens is 1. The molecule has 6 heteroatoms. The van der Waals surface area contributed by atoms with Gasteiger partial charge in [-0.1, -0.05) is 32.0 Å². The third-order valence-electron chi connectivity index (χ3n) is 3.30. The predicted molar refractivity (Wildman–Crippen MR) is 92.8 cm³/mol. The molecule has 2 aromatic rings. The highest BCUT2D eigenvalue weighted by Gasteiger charge is 2.22. The van der Waals surface area contributed by atoms with Gasteiger partial charge in [0.05, 0.1) is 9.47 Å². The van der Waals surface area contributed by atoms with Crippen LogP contribution >= 0.6 is 27.3 Å². The summed E-state index contributed by atoms with van der Waals surface area (Å²) in [6.07, 6.45) is 0. The number of thiophene rings is 1. The molecule has 1 heterocycles. The molecule has 0 saturated carbocycles. The van der Waals surface area contributed by atoms with Crippen LogP contribution in [0.2, 0.25) is 0 Å².